The summed E-state index contributed by atoms with van der Waals surface area (Å²) in [5.41, 5.74) is -3.24. The van der Waals surface area contributed by atoms with Crippen LogP contribution >= 0.6 is 0 Å². The Labute approximate surface area is 137 Å². The van der Waals surface area contributed by atoms with Gasteiger partial charge < -0.3 is 0 Å². The van der Waals surface area contributed by atoms with Gasteiger partial charge in [0.05, 0.1) is 6.04 Å². The van der Waals surface area contributed by atoms with Crippen molar-refractivity contribution in [3.05, 3.63) is 61.7 Å². The number of H-pyrrole nitrogens is 2. The largest absolute Gasteiger partial charge is 0.436 e. The smallest absolute Gasteiger partial charge is 0.291 e. The summed E-state index contributed by atoms with van der Waals surface area (Å²) in [6.45, 7) is 3.03. The Bertz CT molecular complexity index is 1080. The number of aryl methyl sites for hydroxylation is 1. The van der Waals surface area contributed by atoms with Crippen LogP contribution in [-0.2, 0) is 6.18 Å². The molecule has 0 saturated carbocycles. The maximum Gasteiger partial charge on any atom is 0.436 e. The van der Waals surface area contributed by atoms with E-state index >= 15 is 0 Å². The van der Waals surface area contributed by atoms with Crippen molar-refractivity contribution in [1.82, 2.24) is 19.7 Å². The fourth-order valence-electron chi connectivity index (χ4n) is 2.56. The van der Waals surface area contributed by atoms with Gasteiger partial charge in [-0.3, -0.25) is 14.8 Å². The first-order valence-electron chi connectivity index (χ1n) is 7.17. The fraction of sp³-hybridized carbons (Fsp3) is 0.267. The van der Waals surface area contributed by atoms with Crippen molar-refractivity contribution < 1.29 is 17.6 Å². The molecule has 0 radical (unpaired) electrons. The van der Waals surface area contributed by atoms with Crippen molar-refractivity contribution in [3.8, 4) is 0 Å². The van der Waals surface area contributed by atoms with Crippen molar-refractivity contribution in [3.63, 3.8) is 0 Å². The summed E-state index contributed by atoms with van der Waals surface area (Å²) in [6, 6.07) is 3.33. The number of rotatable bonds is 2. The first-order valence-corrected chi connectivity index (χ1v) is 7.17. The molecule has 3 rings (SSSR count). The molecule has 1 unspecified atom stereocenters. The number of aromatic amines is 2. The highest BCUT2D eigenvalue weighted by molar-refractivity contribution is 5.77. The Hall–Kier alpha value is -2.91. The number of aromatic nitrogens is 4. The highest BCUT2D eigenvalue weighted by Gasteiger charge is 2.39. The number of nitrogens with one attached hydrogen (secondary N) is 2. The molecule has 2 N–H and O–H groups in total. The number of benzene rings is 1. The number of halogens is 4. The summed E-state index contributed by atoms with van der Waals surface area (Å²) in [7, 11) is 0. The van der Waals surface area contributed by atoms with Gasteiger partial charge in [0.25, 0.3) is 5.56 Å². The Kier molecular flexibility index (Phi) is 3.77. The van der Waals surface area contributed by atoms with Gasteiger partial charge >= 0.3 is 11.9 Å². The molecule has 0 aliphatic rings. The molecule has 0 aliphatic carbocycles. The molecule has 0 saturated heterocycles. The third-order valence-electron chi connectivity index (χ3n) is 3.91. The van der Waals surface area contributed by atoms with Gasteiger partial charge in [-0.05, 0) is 31.0 Å². The van der Waals surface area contributed by atoms with E-state index < -0.39 is 40.4 Å². The average Bonchev–Trinajstić information content (AvgIpc) is 2.89. The van der Waals surface area contributed by atoms with E-state index in [1.54, 1.807) is 11.9 Å². The van der Waals surface area contributed by atoms with Gasteiger partial charge in [0, 0.05) is 0 Å². The Morgan fingerprint density at radius 1 is 1.20 bits per heavy atom. The maximum atomic E-state index is 13.8. The number of hydrogen-bond donors (Lipinski definition) is 2. The van der Waals surface area contributed by atoms with Gasteiger partial charge in [0.2, 0.25) is 0 Å². The minimum Gasteiger partial charge on any atom is -0.291 e. The molecule has 2 heterocycles. The van der Waals surface area contributed by atoms with Crippen LogP contribution in [0.15, 0.2) is 27.8 Å². The third-order valence-corrected chi connectivity index (χ3v) is 3.91. The lowest BCUT2D eigenvalue weighted by Gasteiger charge is -2.14. The molecule has 3 aromatic rings. The zero-order valence-electron chi connectivity index (χ0n) is 13.0. The van der Waals surface area contributed by atoms with Crippen molar-refractivity contribution in [1.29, 1.82) is 0 Å². The van der Waals surface area contributed by atoms with Crippen LogP contribution in [0.4, 0.5) is 17.6 Å². The topological polar surface area (TPSA) is 83.5 Å². The second-order valence-corrected chi connectivity index (χ2v) is 5.61. The Balaban J connectivity index is 2.30. The molecule has 0 bridgehead atoms. The van der Waals surface area contributed by atoms with Crippen LogP contribution in [0.1, 0.15) is 29.8 Å². The summed E-state index contributed by atoms with van der Waals surface area (Å²) in [5, 5.41) is 2.70. The van der Waals surface area contributed by atoms with Crippen LogP contribution in [0.5, 0.6) is 0 Å². The molecule has 0 amide bonds. The van der Waals surface area contributed by atoms with E-state index in [9.17, 15) is 27.2 Å². The molecule has 1 aromatic carbocycles. The van der Waals surface area contributed by atoms with E-state index in [-0.39, 0.29) is 5.65 Å². The zero-order chi connectivity index (χ0) is 18.5. The van der Waals surface area contributed by atoms with Crippen LogP contribution in [0.25, 0.3) is 11.0 Å². The monoisotopic (exact) mass is 356 g/mol. The predicted octanol–water partition coefficient (Wildman–Crippen LogP) is 2.49. The van der Waals surface area contributed by atoms with E-state index in [1.807, 2.05) is 0 Å². The van der Waals surface area contributed by atoms with Gasteiger partial charge in [-0.1, -0.05) is 12.1 Å². The lowest BCUT2D eigenvalue weighted by molar-refractivity contribution is -0.140. The van der Waals surface area contributed by atoms with Gasteiger partial charge in [-0.25, -0.2) is 13.9 Å². The summed E-state index contributed by atoms with van der Waals surface area (Å²) in [6.07, 6.45) is -4.90. The van der Waals surface area contributed by atoms with Gasteiger partial charge in [0.1, 0.15) is 16.9 Å². The lowest BCUT2D eigenvalue weighted by atomic mass is 10.1. The van der Waals surface area contributed by atoms with Crippen LogP contribution in [0.3, 0.4) is 0 Å². The van der Waals surface area contributed by atoms with Crippen molar-refractivity contribution >= 4 is 11.0 Å². The summed E-state index contributed by atoms with van der Waals surface area (Å²) in [4.78, 5) is 27.2. The van der Waals surface area contributed by atoms with E-state index in [2.05, 4.69) is 10.1 Å². The fourth-order valence-corrected chi connectivity index (χ4v) is 2.56. The van der Waals surface area contributed by atoms with E-state index in [4.69, 9.17) is 0 Å². The Morgan fingerprint density at radius 3 is 2.48 bits per heavy atom. The number of hydrogen-bond acceptors (Lipinski definition) is 3. The summed E-state index contributed by atoms with van der Waals surface area (Å²) < 4.78 is 54.3. The minimum atomic E-state index is -4.90. The molecule has 0 spiro atoms. The second-order valence-electron chi connectivity index (χ2n) is 5.61. The van der Waals surface area contributed by atoms with Crippen LogP contribution in [0, 0.1) is 12.7 Å². The van der Waals surface area contributed by atoms with Crippen molar-refractivity contribution in [2.75, 3.05) is 0 Å². The SMILES string of the molecule is Cc1ccc(C(C)n2nc(C(F)(F)F)c3c(=O)[nH]c(=O)[nH]c32)cc1F. The van der Waals surface area contributed by atoms with E-state index in [0.29, 0.717) is 11.1 Å². The quantitative estimate of drug-likeness (QED) is 0.692. The van der Waals surface area contributed by atoms with Crippen LogP contribution in [-0.4, -0.2) is 19.7 Å². The highest BCUT2D eigenvalue weighted by atomic mass is 19.4. The predicted molar refractivity (Wildman–Crippen MR) is 80.9 cm³/mol. The summed E-state index contributed by atoms with van der Waals surface area (Å²) >= 11 is 0. The Morgan fingerprint density at radius 2 is 1.88 bits per heavy atom. The zero-order valence-corrected chi connectivity index (χ0v) is 13.0. The number of alkyl halides is 3. The first kappa shape index (κ1) is 16.9. The first-order chi connectivity index (χ1) is 11.6. The number of nitrogens with zero attached hydrogens (tertiary/aromatic N) is 2. The number of fused-ring (bicyclic) bond motifs is 1. The van der Waals surface area contributed by atoms with Crippen molar-refractivity contribution in [2.24, 2.45) is 0 Å². The van der Waals surface area contributed by atoms with E-state index in [0.717, 1.165) is 4.68 Å². The molecule has 2 aromatic heterocycles. The molecule has 10 heteroatoms. The summed E-state index contributed by atoms with van der Waals surface area (Å²) in [5.74, 6) is -0.525. The van der Waals surface area contributed by atoms with E-state index in [1.165, 1.54) is 25.1 Å². The van der Waals surface area contributed by atoms with Crippen LogP contribution in [0.2, 0.25) is 0 Å². The van der Waals surface area contributed by atoms with Crippen LogP contribution < -0.4 is 11.2 Å². The van der Waals surface area contributed by atoms with Gasteiger partial charge in [-0.15, -0.1) is 0 Å². The van der Waals surface area contributed by atoms with Gasteiger partial charge in [0.15, 0.2) is 5.69 Å². The van der Waals surface area contributed by atoms with Crippen molar-refractivity contribution in [2.45, 2.75) is 26.1 Å². The maximum absolute atomic E-state index is 13.8. The molecule has 0 aliphatic heterocycles. The molecular formula is C15H12F4N4O2. The molecule has 6 nitrogen and oxygen atoms in total. The normalized spacial score (nSPS) is 13.4. The minimum absolute atomic E-state index is 0.336. The standard InChI is InChI=1S/C15H12F4N4O2/c1-6-3-4-8(5-9(6)16)7(2)23-12-10(11(22-23)15(17,18)19)13(24)21-14(25)20-12/h3-5,7H,1-2H3,(H2,20,21,24,25). The molecule has 1 atom stereocenters. The average molecular weight is 356 g/mol. The lowest BCUT2D eigenvalue weighted by Crippen LogP contribution is -2.24. The molecule has 0 fully saturated rings. The third kappa shape index (κ3) is 2.83. The molecule has 132 valence electrons. The second kappa shape index (κ2) is 5.57. The highest BCUT2D eigenvalue weighted by Crippen LogP contribution is 2.33. The molecule has 25 heavy (non-hydrogen) atoms. The molecular weight excluding hydrogens is 344 g/mol. The van der Waals surface area contributed by atoms with Gasteiger partial charge in [-0.2, -0.15) is 18.3 Å².